The zero-order valence-electron chi connectivity index (χ0n) is 12.2. The number of fused-ring (bicyclic) bond motifs is 3. The average Bonchev–Trinajstić information content (AvgIpc) is 3.09. The van der Waals surface area contributed by atoms with E-state index in [2.05, 4.69) is 43.9 Å². The Morgan fingerprint density at radius 1 is 1.18 bits per heavy atom. The maximum Gasteiger partial charge on any atom is 0.157 e. The monoisotopic (exact) mass is 289 g/mol. The van der Waals surface area contributed by atoms with Crippen LogP contribution in [0.5, 0.6) is 0 Å². The highest BCUT2D eigenvalue weighted by Gasteiger charge is 2.37. The van der Waals surface area contributed by atoms with Crippen LogP contribution in [-0.2, 0) is 6.54 Å². The summed E-state index contributed by atoms with van der Waals surface area (Å²) in [6.07, 6.45) is 6.14. The Labute approximate surface area is 128 Å². The molecule has 22 heavy (non-hydrogen) atoms. The minimum atomic E-state index is 0.0911. The Kier molecular flexibility index (Phi) is 2.83. The van der Waals surface area contributed by atoms with Crippen LogP contribution < -0.4 is 0 Å². The molecule has 2 atom stereocenters. The zero-order valence-corrected chi connectivity index (χ0v) is 12.2. The van der Waals surface area contributed by atoms with E-state index in [4.69, 9.17) is 0 Å². The Balaban J connectivity index is 1.72. The van der Waals surface area contributed by atoms with Gasteiger partial charge in [0.25, 0.3) is 0 Å². The molecule has 0 saturated heterocycles. The number of allylic oxidation sites excluding steroid dienone is 1. The molecule has 2 aliphatic rings. The normalized spacial score (nSPS) is 22.0. The van der Waals surface area contributed by atoms with Crippen LogP contribution in [0.2, 0.25) is 0 Å². The zero-order chi connectivity index (χ0) is 15.1. The highest BCUT2D eigenvalue weighted by Crippen LogP contribution is 2.37. The van der Waals surface area contributed by atoms with Crippen molar-refractivity contribution in [3.63, 3.8) is 0 Å². The topological polar surface area (TPSA) is 57.7 Å². The molecule has 0 saturated carbocycles. The number of hydrogen-bond acceptors (Lipinski definition) is 4. The van der Waals surface area contributed by atoms with E-state index in [1.807, 2.05) is 37.3 Å². The van der Waals surface area contributed by atoms with E-state index < -0.39 is 0 Å². The van der Waals surface area contributed by atoms with Gasteiger partial charge in [0.1, 0.15) is 17.6 Å². The number of hydrogen-bond donors (Lipinski definition) is 0. The van der Waals surface area contributed by atoms with Crippen LogP contribution in [0.4, 0.5) is 0 Å². The van der Waals surface area contributed by atoms with Gasteiger partial charge in [-0.2, -0.15) is 5.26 Å². The first-order valence-corrected chi connectivity index (χ1v) is 7.30. The van der Waals surface area contributed by atoms with Crippen molar-refractivity contribution in [2.24, 2.45) is 0 Å². The Morgan fingerprint density at radius 2 is 2.00 bits per heavy atom. The fourth-order valence-corrected chi connectivity index (χ4v) is 3.27. The summed E-state index contributed by atoms with van der Waals surface area (Å²) in [4.78, 5) is 2.15. The van der Waals surface area contributed by atoms with Gasteiger partial charge in [-0.3, -0.25) is 0 Å². The molecule has 2 aromatic rings. The van der Waals surface area contributed by atoms with Crippen molar-refractivity contribution in [1.82, 2.24) is 19.7 Å². The average molecular weight is 289 g/mol. The van der Waals surface area contributed by atoms with Crippen LogP contribution in [-0.4, -0.2) is 25.7 Å². The molecule has 5 nitrogen and oxygen atoms in total. The van der Waals surface area contributed by atoms with Crippen molar-refractivity contribution >= 4 is 6.08 Å². The van der Waals surface area contributed by atoms with Gasteiger partial charge in [-0.1, -0.05) is 36.4 Å². The third kappa shape index (κ3) is 1.85. The van der Waals surface area contributed by atoms with Crippen molar-refractivity contribution in [3.8, 4) is 6.07 Å². The molecule has 1 aromatic heterocycles. The highest BCUT2D eigenvalue weighted by molar-refractivity contribution is 5.49. The molecule has 4 rings (SSSR count). The van der Waals surface area contributed by atoms with Gasteiger partial charge < -0.3 is 9.47 Å². The second-order valence-corrected chi connectivity index (χ2v) is 5.59. The fraction of sp³-hybridized carbons (Fsp3) is 0.235. The molecular formula is C17H15N5. The summed E-state index contributed by atoms with van der Waals surface area (Å²) in [5.41, 5.74) is 1.91. The lowest BCUT2D eigenvalue weighted by Crippen LogP contribution is -2.35. The molecule has 0 radical (unpaired) electrons. The van der Waals surface area contributed by atoms with Crippen LogP contribution in [0.25, 0.3) is 6.08 Å². The van der Waals surface area contributed by atoms with Crippen LogP contribution in [0.3, 0.4) is 0 Å². The summed E-state index contributed by atoms with van der Waals surface area (Å²) in [6.45, 7) is 2.68. The third-order valence-electron chi connectivity index (χ3n) is 4.29. The minimum Gasteiger partial charge on any atom is -0.350 e. The fourth-order valence-electron chi connectivity index (χ4n) is 3.27. The summed E-state index contributed by atoms with van der Waals surface area (Å²) >= 11 is 0. The first-order valence-electron chi connectivity index (χ1n) is 7.30. The quantitative estimate of drug-likeness (QED) is 0.852. The van der Waals surface area contributed by atoms with E-state index in [9.17, 15) is 5.26 Å². The van der Waals surface area contributed by atoms with Gasteiger partial charge in [-0.15, -0.1) is 10.2 Å². The number of aryl methyl sites for hydroxylation is 1. The third-order valence-corrected chi connectivity index (χ3v) is 4.29. The second kappa shape index (κ2) is 4.85. The summed E-state index contributed by atoms with van der Waals surface area (Å²) in [5, 5.41) is 17.8. The van der Waals surface area contributed by atoms with Crippen molar-refractivity contribution in [2.45, 2.75) is 25.6 Å². The number of aromatic nitrogens is 3. The van der Waals surface area contributed by atoms with Crippen molar-refractivity contribution in [1.29, 1.82) is 5.26 Å². The molecule has 0 bridgehead atoms. The van der Waals surface area contributed by atoms with Crippen LogP contribution in [0.15, 0.2) is 48.2 Å². The Morgan fingerprint density at radius 3 is 2.77 bits per heavy atom. The van der Waals surface area contributed by atoms with Gasteiger partial charge >= 0.3 is 0 Å². The Bertz CT molecular complexity index is 809. The van der Waals surface area contributed by atoms with E-state index in [-0.39, 0.29) is 12.1 Å². The second-order valence-electron chi connectivity index (χ2n) is 5.59. The molecule has 0 amide bonds. The van der Waals surface area contributed by atoms with E-state index in [1.165, 1.54) is 5.56 Å². The summed E-state index contributed by atoms with van der Waals surface area (Å²) in [5.74, 6) is 1.73. The van der Waals surface area contributed by atoms with E-state index in [1.54, 1.807) is 0 Å². The maximum absolute atomic E-state index is 9.50. The van der Waals surface area contributed by atoms with Crippen molar-refractivity contribution in [2.75, 3.05) is 0 Å². The van der Waals surface area contributed by atoms with Crippen LogP contribution >= 0.6 is 0 Å². The molecule has 2 unspecified atom stereocenters. The van der Waals surface area contributed by atoms with E-state index in [0.717, 1.165) is 18.2 Å². The van der Waals surface area contributed by atoms with Gasteiger partial charge in [0.15, 0.2) is 5.82 Å². The van der Waals surface area contributed by atoms with Gasteiger partial charge in [-0.05, 0) is 24.6 Å². The predicted octanol–water partition coefficient (Wildman–Crippen LogP) is 2.45. The number of rotatable bonds is 2. The first kappa shape index (κ1) is 12.8. The smallest absolute Gasteiger partial charge is 0.157 e. The van der Waals surface area contributed by atoms with Gasteiger partial charge in [0, 0.05) is 6.54 Å². The summed E-state index contributed by atoms with van der Waals surface area (Å²) < 4.78 is 2.10. The summed E-state index contributed by atoms with van der Waals surface area (Å²) in [7, 11) is 0. The standard InChI is InChI=1S/C17H15N5/c1-12-19-20-17-8-7-15-16(22(12)17)9-14(10-18)21(15)11-13-5-3-2-4-6-13/h2-9,15-16H,11H2,1H3. The molecule has 0 spiro atoms. The molecule has 2 aliphatic heterocycles. The molecular weight excluding hydrogens is 274 g/mol. The van der Waals surface area contributed by atoms with E-state index in [0.29, 0.717) is 5.70 Å². The number of nitriles is 1. The number of benzene rings is 1. The molecule has 3 heterocycles. The number of nitrogens with zero attached hydrogens (tertiary/aromatic N) is 5. The lowest BCUT2D eigenvalue weighted by Gasteiger charge is -2.31. The van der Waals surface area contributed by atoms with Crippen molar-refractivity contribution < 1.29 is 0 Å². The molecule has 108 valence electrons. The first-order chi connectivity index (χ1) is 10.8. The molecule has 5 heteroatoms. The predicted molar refractivity (Wildman–Crippen MR) is 82.3 cm³/mol. The van der Waals surface area contributed by atoms with Gasteiger partial charge in [0.2, 0.25) is 0 Å². The minimum absolute atomic E-state index is 0.0911. The van der Waals surface area contributed by atoms with Crippen LogP contribution in [0, 0.1) is 18.3 Å². The van der Waals surface area contributed by atoms with Crippen LogP contribution in [0.1, 0.15) is 23.3 Å². The molecule has 0 fully saturated rings. The SMILES string of the molecule is Cc1nnc2n1C1C=C(C#N)N(Cc3ccccc3)C1C=C2. The van der Waals surface area contributed by atoms with E-state index >= 15 is 0 Å². The molecule has 0 aliphatic carbocycles. The maximum atomic E-state index is 9.50. The molecule has 0 N–H and O–H groups in total. The lowest BCUT2D eigenvalue weighted by atomic mass is 10.1. The van der Waals surface area contributed by atoms with Crippen molar-refractivity contribution in [3.05, 3.63) is 65.4 Å². The molecule has 1 aromatic carbocycles. The van der Waals surface area contributed by atoms with Gasteiger partial charge in [-0.25, -0.2) is 0 Å². The Hall–Kier alpha value is -2.87. The lowest BCUT2D eigenvalue weighted by molar-refractivity contribution is 0.276. The highest BCUT2D eigenvalue weighted by atomic mass is 15.3. The largest absolute Gasteiger partial charge is 0.350 e. The summed E-state index contributed by atoms with van der Waals surface area (Å²) in [6, 6.07) is 12.8. The van der Waals surface area contributed by atoms with Gasteiger partial charge in [0.05, 0.1) is 12.1 Å².